The van der Waals surface area contributed by atoms with E-state index in [-0.39, 0.29) is 19.8 Å². The maximum Gasteiger partial charge on any atom is 0.413 e. The maximum absolute atomic E-state index is 12.3. The van der Waals surface area contributed by atoms with Gasteiger partial charge in [0.1, 0.15) is 18.2 Å². The van der Waals surface area contributed by atoms with Gasteiger partial charge < -0.3 is 14.2 Å². The number of esters is 2. The van der Waals surface area contributed by atoms with Crippen LogP contribution in [0.4, 0.5) is 4.79 Å². The average molecular weight is 335 g/mol. The van der Waals surface area contributed by atoms with Gasteiger partial charge in [0, 0.05) is 0 Å². The fraction of sp³-hybridized carbons (Fsp3) is 0.471. The Kier molecular flexibility index (Phi) is 5.43. The van der Waals surface area contributed by atoms with Crippen LogP contribution in [0.3, 0.4) is 0 Å². The Morgan fingerprint density at radius 3 is 2.54 bits per heavy atom. The molecular formula is C17H21NO6. The highest BCUT2D eigenvalue weighted by atomic mass is 16.6. The quantitative estimate of drug-likeness (QED) is 0.622. The summed E-state index contributed by atoms with van der Waals surface area (Å²) in [6.07, 6.45) is -0.982. The lowest BCUT2D eigenvalue weighted by Gasteiger charge is -2.34. The molecule has 1 aliphatic rings. The minimum Gasteiger partial charge on any atom is -0.459 e. The summed E-state index contributed by atoms with van der Waals surface area (Å²) in [5.41, 5.74) is 0.0878. The third kappa shape index (κ3) is 4.97. The number of amides is 1. The molecule has 7 heteroatoms. The summed E-state index contributed by atoms with van der Waals surface area (Å²) in [5, 5.41) is 0. The van der Waals surface area contributed by atoms with Crippen molar-refractivity contribution in [3.63, 3.8) is 0 Å². The first-order valence-electron chi connectivity index (χ1n) is 7.62. The summed E-state index contributed by atoms with van der Waals surface area (Å²) >= 11 is 0. The number of hydrogen-bond acceptors (Lipinski definition) is 6. The average Bonchev–Trinajstić information content (AvgIpc) is 2.51. The number of ether oxygens (including phenoxy) is 3. The van der Waals surface area contributed by atoms with Gasteiger partial charge in [0.15, 0.2) is 6.73 Å². The van der Waals surface area contributed by atoms with Gasteiger partial charge in [-0.3, -0.25) is 9.69 Å². The zero-order valence-electron chi connectivity index (χ0n) is 14.0. The fourth-order valence-corrected chi connectivity index (χ4v) is 2.09. The summed E-state index contributed by atoms with van der Waals surface area (Å²) in [6.45, 7) is 4.86. The van der Waals surface area contributed by atoms with Gasteiger partial charge in [-0.1, -0.05) is 30.3 Å². The molecule has 7 nitrogen and oxygen atoms in total. The number of carbonyl (C=O) groups is 3. The molecule has 1 saturated heterocycles. The molecule has 1 atom stereocenters. The molecular weight excluding hydrogens is 314 g/mol. The summed E-state index contributed by atoms with van der Waals surface area (Å²) in [5.74, 6) is -1.22. The van der Waals surface area contributed by atoms with Crippen LogP contribution in [-0.4, -0.2) is 41.3 Å². The molecule has 1 heterocycles. The van der Waals surface area contributed by atoms with E-state index in [0.717, 1.165) is 10.5 Å². The molecule has 0 aliphatic carbocycles. The van der Waals surface area contributed by atoms with Gasteiger partial charge in [-0.2, -0.15) is 0 Å². The van der Waals surface area contributed by atoms with Crippen molar-refractivity contribution in [2.24, 2.45) is 0 Å². The third-order valence-corrected chi connectivity index (χ3v) is 3.22. The highest BCUT2D eigenvalue weighted by molar-refractivity contribution is 5.87. The van der Waals surface area contributed by atoms with Crippen molar-refractivity contribution < 1.29 is 28.6 Å². The lowest BCUT2D eigenvalue weighted by Crippen LogP contribution is -2.53. The first kappa shape index (κ1) is 17.8. The van der Waals surface area contributed by atoms with Crippen LogP contribution in [-0.2, 0) is 30.4 Å². The Morgan fingerprint density at radius 2 is 1.92 bits per heavy atom. The standard InChI is InChI=1S/C17H21NO6/c1-17(2,3)24-16(21)18-11-23-14(19)9-13(18)15(20)22-10-12-7-5-4-6-8-12/h4-8,13H,9-11H2,1-3H3/t13-/m0/s1. The SMILES string of the molecule is CC(C)(C)OC(=O)N1COC(=O)C[C@H]1C(=O)OCc1ccccc1. The first-order chi connectivity index (χ1) is 11.3. The molecule has 0 saturated carbocycles. The van der Waals surface area contributed by atoms with E-state index in [4.69, 9.17) is 14.2 Å². The molecule has 0 unspecified atom stereocenters. The molecule has 0 bridgehead atoms. The summed E-state index contributed by atoms with van der Waals surface area (Å²) in [7, 11) is 0. The molecule has 1 aromatic carbocycles. The number of rotatable bonds is 3. The second-order valence-corrected chi connectivity index (χ2v) is 6.41. The van der Waals surface area contributed by atoms with Crippen molar-refractivity contribution in [2.75, 3.05) is 6.73 Å². The van der Waals surface area contributed by atoms with E-state index in [1.54, 1.807) is 20.8 Å². The Labute approximate surface area is 140 Å². The van der Waals surface area contributed by atoms with Crippen molar-refractivity contribution in [2.45, 2.75) is 45.4 Å². The van der Waals surface area contributed by atoms with E-state index in [1.165, 1.54) is 0 Å². The fourth-order valence-electron chi connectivity index (χ4n) is 2.09. The highest BCUT2D eigenvalue weighted by Crippen LogP contribution is 2.19. The molecule has 1 aliphatic heterocycles. The van der Waals surface area contributed by atoms with E-state index in [0.29, 0.717) is 0 Å². The van der Waals surface area contributed by atoms with Crippen molar-refractivity contribution >= 4 is 18.0 Å². The Balaban J connectivity index is 2.03. The number of nitrogens with zero attached hydrogens (tertiary/aromatic N) is 1. The van der Waals surface area contributed by atoms with Crippen LogP contribution in [0.25, 0.3) is 0 Å². The second-order valence-electron chi connectivity index (χ2n) is 6.41. The smallest absolute Gasteiger partial charge is 0.413 e. The topological polar surface area (TPSA) is 82.1 Å². The first-order valence-corrected chi connectivity index (χ1v) is 7.62. The van der Waals surface area contributed by atoms with Gasteiger partial charge in [-0.15, -0.1) is 0 Å². The number of cyclic esters (lactones) is 1. The van der Waals surface area contributed by atoms with E-state index < -0.39 is 29.7 Å². The number of carbonyl (C=O) groups excluding carboxylic acids is 3. The molecule has 0 radical (unpaired) electrons. The van der Waals surface area contributed by atoms with Gasteiger partial charge >= 0.3 is 18.0 Å². The number of benzene rings is 1. The highest BCUT2D eigenvalue weighted by Gasteiger charge is 2.40. The largest absolute Gasteiger partial charge is 0.459 e. The predicted octanol–water partition coefficient (Wildman–Crippen LogP) is 2.24. The Hall–Kier alpha value is -2.57. The molecule has 0 aromatic heterocycles. The lowest BCUT2D eigenvalue weighted by molar-refractivity contribution is -0.171. The van der Waals surface area contributed by atoms with E-state index >= 15 is 0 Å². The Bertz CT molecular complexity index is 607. The predicted molar refractivity (Wildman–Crippen MR) is 83.7 cm³/mol. The van der Waals surface area contributed by atoms with Gasteiger partial charge in [0.2, 0.25) is 0 Å². The monoisotopic (exact) mass is 335 g/mol. The number of hydrogen-bond donors (Lipinski definition) is 0. The van der Waals surface area contributed by atoms with E-state index in [9.17, 15) is 14.4 Å². The molecule has 1 fully saturated rings. The zero-order valence-corrected chi connectivity index (χ0v) is 14.0. The van der Waals surface area contributed by atoms with Crippen molar-refractivity contribution in [3.8, 4) is 0 Å². The Morgan fingerprint density at radius 1 is 1.25 bits per heavy atom. The van der Waals surface area contributed by atoms with Crippen molar-refractivity contribution in [1.82, 2.24) is 4.90 Å². The molecule has 130 valence electrons. The molecule has 1 aromatic rings. The zero-order chi connectivity index (χ0) is 17.7. The minimum absolute atomic E-state index is 0.0629. The van der Waals surface area contributed by atoms with Gasteiger partial charge in [0.05, 0.1) is 6.42 Å². The molecule has 1 amide bonds. The third-order valence-electron chi connectivity index (χ3n) is 3.22. The van der Waals surface area contributed by atoms with E-state index in [2.05, 4.69) is 0 Å². The molecule has 24 heavy (non-hydrogen) atoms. The maximum atomic E-state index is 12.3. The van der Waals surface area contributed by atoms with Crippen LogP contribution in [0.2, 0.25) is 0 Å². The van der Waals surface area contributed by atoms with Crippen LogP contribution >= 0.6 is 0 Å². The van der Waals surface area contributed by atoms with Crippen LogP contribution in [0, 0.1) is 0 Å². The normalized spacial score (nSPS) is 17.9. The minimum atomic E-state index is -1.05. The molecule has 0 N–H and O–H groups in total. The summed E-state index contributed by atoms with van der Waals surface area (Å²) < 4.78 is 15.3. The van der Waals surface area contributed by atoms with Crippen LogP contribution in [0.15, 0.2) is 30.3 Å². The summed E-state index contributed by atoms with van der Waals surface area (Å²) in [6, 6.07) is 8.08. The molecule has 2 rings (SSSR count). The van der Waals surface area contributed by atoms with Crippen molar-refractivity contribution in [1.29, 1.82) is 0 Å². The van der Waals surface area contributed by atoms with Gasteiger partial charge in [-0.25, -0.2) is 9.59 Å². The van der Waals surface area contributed by atoms with Crippen LogP contribution < -0.4 is 0 Å². The lowest BCUT2D eigenvalue weighted by atomic mass is 10.1. The van der Waals surface area contributed by atoms with Crippen molar-refractivity contribution in [3.05, 3.63) is 35.9 Å². The summed E-state index contributed by atoms with van der Waals surface area (Å²) in [4.78, 5) is 37.1. The van der Waals surface area contributed by atoms with Crippen LogP contribution in [0.1, 0.15) is 32.8 Å². The molecule has 0 spiro atoms. The van der Waals surface area contributed by atoms with Gasteiger partial charge in [-0.05, 0) is 26.3 Å². The van der Waals surface area contributed by atoms with E-state index in [1.807, 2.05) is 30.3 Å². The second kappa shape index (κ2) is 7.33. The van der Waals surface area contributed by atoms with Gasteiger partial charge in [0.25, 0.3) is 0 Å². The van der Waals surface area contributed by atoms with Crippen LogP contribution in [0.5, 0.6) is 0 Å².